The van der Waals surface area contributed by atoms with E-state index in [0.29, 0.717) is 6.54 Å². The summed E-state index contributed by atoms with van der Waals surface area (Å²) in [6, 6.07) is 1.96. The molecule has 130 valence electrons. The van der Waals surface area contributed by atoms with E-state index in [1.165, 1.54) is 0 Å². The van der Waals surface area contributed by atoms with Crippen LogP contribution >= 0.6 is 0 Å². The zero-order valence-corrected chi connectivity index (χ0v) is 15.3. The van der Waals surface area contributed by atoms with Gasteiger partial charge >= 0.3 is 6.09 Å². The first-order chi connectivity index (χ1) is 10.8. The van der Waals surface area contributed by atoms with Crippen LogP contribution in [0.5, 0.6) is 5.75 Å². The van der Waals surface area contributed by atoms with Gasteiger partial charge in [0.15, 0.2) is 0 Å². The molecule has 1 aliphatic heterocycles. The fourth-order valence-corrected chi connectivity index (χ4v) is 2.31. The summed E-state index contributed by atoms with van der Waals surface area (Å²) in [7, 11) is 0. The minimum atomic E-state index is -0.467. The van der Waals surface area contributed by atoms with Crippen molar-refractivity contribution in [3.63, 3.8) is 0 Å². The lowest BCUT2D eigenvalue weighted by Crippen LogP contribution is -2.46. The van der Waals surface area contributed by atoms with Gasteiger partial charge in [-0.2, -0.15) is 0 Å². The van der Waals surface area contributed by atoms with Gasteiger partial charge in [-0.25, -0.2) is 4.79 Å². The quantitative estimate of drug-likeness (QED) is 0.819. The third-order valence-corrected chi connectivity index (χ3v) is 3.18. The third-order valence-electron chi connectivity index (χ3n) is 3.18. The van der Waals surface area contributed by atoms with E-state index in [1.807, 2.05) is 47.6 Å². The number of piperidine rings is 1. The van der Waals surface area contributed by atoms with E-state index in [4.69, 9.17) is 9.47 Å². The Morgan fingerprint density at radius 1 is 1.30 bits per heavy atom. The van der Waals surface area contributed by atoms with Crippen molar-refractivity contribution in [1.29, 1.82) is 0 Å². The molecule has 0 spiro atoms. The molecule has 0 aliphatic carbocycles. The lowest BCUT2D eigenvalue weighted by molar-refractivity contribution is 0.00771. The molecule has 2 rings (SSSR count). The topological polar surface area (TPSA) is 51.7 Å². The molecule has 23 heavy (non-hydrogen) atoms. The maximum atomic E-state index is 12.1. The van der Waals surface area contributed by atoms with E-state index in [-0.39, 0.29) is 12.2 Å². The Labute approximate surface area is 140 Å². The molecular formula is C18H30N2O3. The number of aryl methyl sites for hydroxylation is 1. The monoisotopic (exact) mass is 322 g/mol. The normalized spacial score (nSPS) is 17.8. The number of ether oxygens (including phenoxy) is 2. The van der Waals surface area contributed by atoms with Gasteiger partial charge in [0.2, 0.25) is 0 Å². The van der Waals surface area contributed by atoms with Crippen molar-refractivity contribution in [1.82, 2.24) is 9.88 Å². The van der Waals surface area contributed by atoms with Crippen molar-refractivity contribution in [3.05, 3.63) is 24.0 Å². The van der Waals surface area contributed by atoms with E-state index < -0.39 is 5.60 Å². The van der Waals surface area contributed by atoms with Gasteiger partial charge in [-0.15, -0.1) is 0 Å². The van der Waals surface area contributed by atoms with Crippen LogP contribution in [0.15, 0.2) is 18.5 Å². The average Bonchev–Trinajstić information content (AvgIpc) is 2.48. The van der Waals surface area contributed by atoms with Crippen molar-refractivity contribution in [2.45, 2.75) is 66.1 Å². The van der Waals surface area contributed by atoms with Gasteiger partial charge in [-0.3, -0.25) is 4.98 Å². The second-order valence-electron chi connectivity index (χ2n) is 6.51. The van der Waals surface area contributed by atoms with Crippen molar-refractivity contribution < 1.29 is 14.3 Å². The second-order valence-corrected chi connectivity index (χ2v) is 6.51. The molecule has 5 nitrogen and oxygen atoms in total. The summed E-state index contributed by atoms with van der Waals surface area (Å²) < 4.78 is 11.3. The minimum absolute atomic E-state index is 0.00475. The van der Waals surface area contributed by atoms with Crippen LogP contribution < -0.4 is 4.74 Å². The summed E-state index contributed by atoms with van der Waals surface area (Å²) in [6.45, 7) is 12.9. The predicted molar refractivity (Wildman–Crippen MR) is 91.8 cm³/mol. The first kappa shape index (κ1) is 19.3. The van der Waals surface area contributed by atoms with Gasteiger partial charge in [0, 0.05) is 12.7 Å². The number of carbonyl (C=O) groups excluding carboxylic acids is 1. The first-order valence-corrected chi connectivity index (χ1v) is 8.40. The van der Waals surface area contributed by atoms with Gasteiger partial charge in [0.1, 0.15) is 17.5 Å². The Bertz CT molecular complexity index is 497. The van der Waals surface area contributed by atoms with Crippen molar-refractivity contribution in [3.8, 4) is 5.75 Å². The molecule has 0 N–H and O–H groups in total. The van der Waals surface area contributed by atoms with Crippen LogP contribution in [-0.4, -0.2) is 40.8 Å². The first-order valence-electron chi connectivity index (χ1n) is 8.40. The highest BCUT2D eigenvalue weighted by Gasteiger charge is 2.28. The van der Waals surface area contributed by atoms with Gasteiger partial charge in [0.25, 0.3) is 0 Å². The Hall–Kier alpha value is -1.78. The molecule has 1 atom stereocenters. The van der Waals surface area contributed by atoms with Crippen LogP contribution in [0.4, 0.5) is 4.79 Å². The van der Waals surface area contributed by atoms with Gasteiger partial charge in [0.05, 0.1) is 12.7 Å². The standard InChI is InChI=1S/C16H24N2O3.C2H6/c1-12-8-14(10-17-9-12)20-13-6-5-7-18(11-13)15(19)21-16(2,3)4;1-2/h8-10,13H,5-7,11H2,1-4H3;1-2H3. The van der Waals surface area contributed by atoms with Crippen LogP contribution in [0.3, 0.4) is 0 Å². The Morgan fingerprint density at radius 2 is 2.00 bits per heavy atom. The van der Waals surface area contributed by atoms with Gasteiger partial charge in [-0.1, -0.05) is 13.8 Å². The molecule has 1 unspecified atom stereocenters. The molecule has 1 aromatic rings. The molecule has 1 aliphatic rings. The zero-order chi connectivity index (χ0) is 17.5. The number of amides is 1. The van der Waals surface area contributed by atoms with Crippen LogP contribution in [0.25, 0.3) is 0 Å². The molecule has 0 aromatic carbocycles. The lowest BCUT2D eigenvalue weighted by atomic mass is 10.1. The number of likely N-dealkylation sites (tertiary alicyclic amines) is 1. The predicted octanol–water partition coefficient (Wildman–Crippen LogP) is 4.19. The minimum Gasteiger partial charge on any atom is -0.487 e. The highest BCUT2D eigenvalue weighted by atomic mass is 16.6. The Balaban J connectivity index is 0.00000127. The molecule has 5 heteroatoms. The number of rotatable bonds is 2. The molecule has 1 amide bonds. The summed E-state index contributed by atoms with van der Waals surface area (Å²) in [6.07, 6.45) is 5.09. The number of nitrogens with zero attached hydrogens (tertiary/aromatic N) is 2. The van der Waals surface area contributed by atoms with Crippen molar-refractivity contribution in [2.24, 2.45) is 0 Å². The van der Waals surface area contributed by atoms with Crippen LogP contribution in [0.1, 0.15) is 53.0 Å². The van der Waals surface area contributed by atoms with E-state index in [1.54, 1.807) is 17.3 Å². The fourth-order valence-electron chi connectivity index (χ4n) is 2.31. The summed E-state index contributed by atoms with van der Waals surface area (Å²) in [4.78, 5) is 17.9. The zero-order valence-electron chi connectivity index (χ0n) is 15.3. The number of hydrogen-bond donors (Lipinski definition) is 0. The van der Waals surface area contributed by atoms with Crippen molar-refractivity contribution >= 4 is 6.09 Å². The van der Waals surface area contributed by atoms with E-state index in [2.05, 4.69) is 4.98 Å². The second kappa shape index (κ2) is 8.75. The smallest absolute Gasteiger partial charge is 0.410 e. The molecule has 0 radical (unpaired) electrons. The van der Waals surface area contributed by atoms with E-state index in [9.17, 15) is 4.79 Å². The molecule has 0 bridgehead atoms. The van der Waals surface area contributed by atoms with Crippen molar-refractivity contribution in [2.75, 3.05) is 13.1 Å². The number of hydrogen-bond acceptors (Lipinski definition) is 4. The number of carbonyl (C=O) groups is 1. The summed E-state index contributed by atoms with van der Waals surface area (Å²) in [5, 5.41) is 0. The van der Waals surface area contributed by atoms with E-state index >= 15 is 0 Å². The maximum Gasteiger partial charge on any atom is 0.410 e. The highest BCUT2D eigenvalue weighted by molar-refractivity contribution is 5.68. The van der Waals surface area contributed by atoms with Gasteiger partial charge in [-0.05, 0) is 52.2 Å². The number of pyridine rings is 1. The highest BCUT2D eigenvalue weighted by Crippen LogP contribution is 2.20. The average molecular weight is 322 g/mol. The molecule has 2 heterocycles. The summed E-state index contributed by atoms with van der Waals surface area (Å²) in [5.74, 6) is 0.756. The molecule has 1 aromatic heterocycles. The van der Waals surface area contributed by atoms with E-state index in [0.717, 1.165) is 30.7 Å². The number of aromatic nitrogens is 1. The third kappa shape index (κ3) is 6.89. The largest absolute Gasteiger partial charge is 0.487 e. The van der Waals surface area contributed by atoms with Crippen LogP contribution in [-0.2, 0) is 4.74 Å². The Morgan fingerprint density at radius 3 is 2.61 bits per heavy atom. The SMILES string of the molecule is CC.Cc1cncc(OC2CCCN(C(=O)OC(C)(C)C)C2)c1. The molecule has 1 fully saturated rings. The summed E-state index contributed by atoms with van der Waals surface area (Å²) >= 11 is 0. The fraction of sp³-hybridized carbons (Fsp3) is 0.667. The lowest BCUT2D eigenvalue weighted by Gasteiger charge is -2.34. The summed E-state index contributed by atoms with van der Waals surface area (Å²) in [5.41, 5.74) is 0.595. The van der Waals surface area contributed by atoms with Crippen LogP contribution in [0.2, 0.25) is 0 Å². The molecular weight excluding hydrogens is 292 g/mol. The molecule has 0 saturated carbocycles. The van der Waals surface area contributed by atoms with Crippen LogP contribution in [0, 0.1) is 6.92 Å². The molecule has 1 saturated heterocycles. The van der Waals surface area contributed by atoms with Gasteiger partial charge < -0.3 is 14.4 Å². The Kier molecular flexibility index (Phi) is 7.33. The maximum absolute atomic E-state index is 12.1.